The van der Waals surface area contributed by atoms with E-state index in [2.05, 4.69) is 0 Å². The van der Waals surface area contributed by atoms with Crippen LogP contribution in [0.25, 0.3) is 0 Å². The number of hydrogen-bond donors (Lipinski definition) is 1. The van der Waals surface area contributed by atoms with Gasteiger partial charge in [0.2, 0.25) is 11.8 Å². The van der Waals surface area contributed by atoms with Gasteiger partial charge in [-0.15, -0.1) is 11.8 Å². The van der Waals surface area contributed by atoms with E-state index in [9.17, 15) is 19.5 Å². The Hall–Kier alpha value is -3.07. The number of hydrogen-bond acceptors (Lipinski definition) is 5. The molecule has 4 heterocycles. The van der Waals surface area contributed by atoms with Crippen molar-refractivity contribution < 1.29 is 19.5 Å². The molecule has 1 N–H and O–H groups in total. The Morgan fingerprint density at radius 3 is 2.48 bits per heavy atom. The number of aliphatic hydroxyl groups is 1. The van der Waals surface area contributed by atoms with Crippen molar-refractivity contribution in [3.63, 3.8) is 0 Å². The minimum atomic E-state index is -0.947. The Labute approximate surface area is 243 Å². The molecule has 7 nitrogen and oxygen atoms in total. The molecule has 0 aromatic heterocycles. The van der Waals surface area contributed by atoms with E-state index in [0.29, 0.717) is 36.8 Å². The first-order valence-electron chi connectivity index (χ1n) is 13.7. The lowest BCUT2D eigenvalue weighted by Crippen LogP contribution is -2.56. The second-order valence-corrected chi connectivity index (χ2v) is 12.7. The van der Waals surface area contributed by atoms with Gasteiger partial charge in [0.15, 0.2) is 0 Å². The molecule has 6 rings (SSSR count). The number of anilines is 1. The second-order valence-electron chi connectivity index (χ2n) is 10.8. The second kappa shape index (κ2) is 10.7. The summed E-state index contributed by atoms with van der Waals surface area (Å²) < 4.78 is -0.947. The van der Waals surface area contributed by atoms with E-state index in [1.54, 1.807) is 33.7 Å². The molecule has 1 unspecified atom stereocenters. The van der Waals surface area contributed by atoms with Gasteiger partial charge >= 0.3 is 0 Å². The van der Waals surface area contributed by atoms with Crippen molar-refractivity contribution in [2.24, 2.45) is 11.8 Å². The minimum absolute atomic E-state index is 0.0766. The number of fused-ring (bicyclic) bond motifs is 2. The fraction of sp³-hybridized carbons (Fsp3) is 0.387. The number of carbonyl (C=O) groups is 3. The summed E-state index contributed by atoms with van der Waals surface area (Å²) >= 11 is 8.07. The largest absolute Gasteiger partial charge is 0.394 e. The Bertz CT molecular complexity index is 1380. The molecule has 0 aliphatic carbocycles. The van der Waals surface area contributed by atoms with E-state index in [0.717, 1.165) is 5.56 Å². The van der Waals surface area contributed by atoms with Crippen molar-refractivity contribution in [1.82, 2.24) is 9.80 Å². The summed E-state index contributed by atoms with van der Waals surface area (Å²) in [6.07, 6.45) is 8.45. The van der Waals surface area contributed by atoms with Crippen LogP contribution in [-0.4, -0.2) is 74.4 Å². The van der Waals surface area contributed by atoms with Gasteiger partial charge in [-0.3, -0.25) is 14.4 Å². The zero-order valence-electron chi connectivity index (χ0n) is 22.2. The number of nitrogens with zero attached hydrogens (tertiary/aromatic N) is 3. The van der Waals surface area contributed by atoms with Gasteiger partial charge in [0.1, 0.15) is 6.04 Å². The number of benzene rings is 2. The van der Waals surface area contributed by atoms with Crippen LogP contribution < -0.4 is 4.90 Å². The molecule has 4 aliphatic heterocycles. The number of likely N-dealkylation sites (tertiary alicyclic amines) is 1. The van der Waals surface area contributed by atoms with Gasteiger partial charge in [-0.2, -0.15) is 0 Å². The third kappa shape index (κ3) is 4.19. The van der Waals surface area contributed by atoms with E-state index in [1.165, 1.54) is 0 Å². The van der Waals surface area contributed by atoms with Crippen molar-refractivity contribution >= 4 is 46.8 Å². The first-order chi connectivity index (χ1) is 19.4. The van der Waals surface area contributed by atoms with Crippen molar-refractivity contribution in [3.05, 3.63) is 89.5 Å². The average Bonchev–Trinajstić information content (AvgIpc) is 3.28. The van der Waals surface area contributed by atoms with E-state index in [4.69, 9.17) is 11.6 Å². The summed E-state index contributed by atoms with van der Waals surface area (Å²) in [7, 11) is 0. The van der Waals surface area contributed by atoms with Crippen LogP contribution in [0.1, 0.15) is 18.9 Å². The molecule has 2 aromatic carbocycles. The van der Waals surface area contributed by atoms with Crippen LogP contribution >= 0.6 is 23.4 Å². The van der Waals surface area contributed by atoms with Gasteiger partial charge in [0, 0.05) is 24.9 Å². The molecular weight excluding hydrogens is 546 g/mol. The first kappa shape index (κ1) is 27.1. The normalized spacial score (nSPS) is 30.2. The third-order valence-corrected chi connectivity index (χ3v) is 10.7. The number of para-hydroxylation sites is 1. The topological polar surface area (TPSA) is 81.2 Å². The molecule has 4 aliphatic rings. The van der Waals surface area contributed by atoms with Gasteiger partial charge < -0.3 is 19.8 Å². The Morgan fingerprint density at radius 2 is 1.75 bits per heavy atom. The number of carbonyl (C=O) groups excluding carboxylic acids is 3. The maximum Gasteiger partial charge on any atom is 0.251 e. The smallest absolute Gasteiger partial charge is 0.251 e. The molecule has 2 saturated heterocycles. The SMILES string of the molecule is CC[C@@H](CO)N1C(=O)[C@@H]2[C@H]3C(=O)N(Cc4ccccc4)CC=C[C@H]3S[C@@]23C=CCN(c2ccccc2Cl)C(=O)C13. The lowest BCUT2D eigenvalue weighted by atomic mass is 9.78. The molecule has 208 valence electrons. The van der Waals surface area contributed by atoms with Crippen LogP contribution in [0.4, 0.5) is 5.69 Å². The van der Waals surface area contributed by atoms with Gasteiger partial charge in [-0.25, -0.2) is 0 Å². The predicted octanol–water partition coefficient (Wildman–Crippen LogP) is 3.91. The Morgan fingerprint density at radius 1 is 1.00 bits per heavy atom. The minimum Gasteiger partial charge on any atom is -0.394 e. The summed E-state index contributed by atoms with van der Waals surface area (Å²) in [4.78, 5) is 48.2. The molecule has 0 radical (unpaired) electrons. The predicted molar refractivity (Wildman–Crippen MR) is 157 cm³/mol. The zero-order chi connectivity index (χ0) is 28.0. The Kier molecular flexibility index (Phi) is 7.27. The lowest BCUT2D eigenvalue weighted by Gasteiger charge is -2.38. The molecule has 2 fully saturated rings. The highest BCUT2D eigenvalue weighted by molar-refractivity contribution is 8.02. The zero-order valence-corrected chi connectivity index (χ0v) is 23.8. The summed E-state index contributed by atoms with van der Waals surface area (Å²) in [5.41, 5.74) is 1.59. The first-order valence-corrected chi connectivity index (χ1v) is 15.0. The number of aliphatic hydroxyl groups excluding tert-OH is 1. The fourth-order valence-electron chi connectivity index (χ4n) is 6.77. The maximum absolute atomic E-state index is 14.5. The van der Waals surface area contributed by atoms with Gasteiger partial charge in [0.25, 0.3) is 5.91 Å². The summed E-state index contributed by atoms with van der Waals surface area (Å²) in [6, 6.07) is 15.6. The lowest BCUT2D eigenvalue weighted by molar-refractivity contribution is -0.145. The van der Waals surface area contributed by atoms with E-state index in [1.807, 2.05) is 78.6 Å². The van der Waals surface area contributed by atoms with Crippen molar-refractivity contribution in [3.8, 4) is 0 Å². The average molecular weight is 578 g/mol. The van der Waals surface area contributed by atoms with Crippen LogP contribution in [-0.2, 0) is 20.9 Å². The standard InChI is InChI=1S/C31H32ClN3O4S/c1-2-21(19-36)35-27-30(39)34(23-13-7-6-12-22(23)32)17-9-15-31(27)26(29(35)38)25-24(40-31)14-8-16-33(28(25)37)18-20-10-4-3-5-11-20/h3-15,21,24-27,36H,2,16-19H2,1H3/t21-,24+,25-,26-,27?,31-/m0/s1. The third-order valence-electron chi connectivity index (χ3n) is 8.61. The molecule has 40 heavy (non-hydrogen) atoms. The highest BCUT2D eigenvalue weighted by Crippen LogP contribution is 2.61. The summed E-state index contributed by atoms with van der Waals surface area (Å²) in [5.74, 6) is -1.91. The summed E-state index contributed by atoms with van der Waals surface area (Å²) in [6.45, 7) is 2.84. The van der Waals surface area contributed by atoms with Gasteiger partial charge in [-0.05, 0) is 24.1 Å². The van der Waals surface area contributed by atoms with E-state index < -0.39 is 28.7 Å². The maximum atomic E-state index is 14.5. The quantitative estimate of drug-likeness (QED) is 0.527. The fourth-order valence-corrected chi connectivity index (χ4v) is 9.00. The van der Waals surface area contributed by atoms with Crippen LogP contribution in [0, 0.1) is 11.8 Å². The van der Waals surface area contributed by atoms with E-state index in [-0.39, 0.29) is 29.6 Å². The number of amides is 3. The highest BCUT2D eigenvalue weighted by atomic mass is 35.5. The van der Waals surface area contributed by atoms with Gasteiger partial charge in [0.05, 0.1) is 39.9 Å². The van der Waals surface area contributed by atoms with Crippen LogP contribution in [0.3, 0.4) is 0 Å². The molecule has 9 heteroatoms. The van der Waals surface area contributed by atoms with Crippen molar-refractivity contribution in [2.45, 2.75) is 42.0 Å². The van der Waals surface area contributed by atoms with Crippen LogP contribution in [0.5, 0.6) is 0 Å². The van der Waals surface area contributed by atoms with Crippen molar-refractivity contribution in [2.75, 3.05) is 24.6 Å². The molecule has 1 spiro atoms. The monoisotopic (exact) mass is 577 g/mol. The number of halogens is 1. The van der Waals surface area contributed by atoms with E-state index >= 15 is 0 Å². The molecule has 2 aromatic rings. The number of rotatable bonds is 6. The van der Waals surface area contributed by atoms with Gasteiger partial charge in [-0.1, -0.05) is 85.3 Å². The summed E-state index contributed by atoms with van der Waals surface area (Å²) in [5, 5.41) is 10.5. The number of thioether (sulfide) groups is 1. The highest BCUT2D eigenvalue weighted by Gasteiger charge is 2.71. The van der Waals surface area contributed by atoms with Crippen LogP contribution in [0.2, 0.25) is 5.02 Å². The van der Waals surface area contributed by atoms with Crippen LogP contribution in [0.15, 0.2) is 78.9 Å². The van der Waals surface area contributed by atoms with Crippen molar-refractivity contribution in [1.29, 1.82) is 0 Å². The molecule has 0 saturated carbocycles. The molecule has 0 bridgehead atoms. The molecular formula is C31H32ClN3O4S. The Balaban J connectivity index is 1.43. The molecule has 6 atom stereocenters. The molecule has 3 amide bonds.